The number of aryl methyl sites for hydroxylation is 1. The molecule has 0 saturated carbocycles. The lowest BCUT2D eigenvalue weighted by Gasteiger charge is -2.19. The van der Waals surface area contributed by atoms with Gasteiger partial charge in [0.1, 0.15) is 4.90 Å². The van der Waals surface area contributed by atoms with Crippen LogP contribution >= 0.6 is 11.6 Å². The van der Waals surface area contributed by atoms with Gasteiger partial charge in [-0.1, -0.05) is 67.4 Å². The van der Waals surface area contributed by atoms with Crippen LogP contribution in [0.15, 0.2) is 65.6 Å². The maximum absolute atomic E-state index is 13.7. The number of carbonyl (C=O) groups excluding carboxylic acids is 1. The second kappa shape index (κ2) is 10.7. The first-order valence-corrected chi connectivity index (χ1v) is 13.6. The molecule has 35 heavy (non-hydrogen) atoms. The third-order valence-electron chi connectivity index (χ3n) is 6.12. The minimum Gasteiger partial charge on any atom is -0.494 e. The highest BCUT2D eigenvalue weighted by molar-refractivity contribution is 7.92. The largest absolute Gasteiger partial charge is 0.494 e. The molecule has 4 rings (SSSR count). The average Bonchev–Trinajstić information content (AvgIpc) is 3.40. The first-order chi connectivity index (χ1) is 16.8. The first kappa shape index (κ1) is 25.1. The Morgan fingerprint density at radius 2 is 1.74 bits per heavy atom. The quantitative estimate of drug-likeness (QED) is 0.401. The molecule has 0 atom stereocenters. The Morgan fingerprint density at radius 1 is 1.03 bits per heavy atom. The van der Waals surface area contributed by atoms with Crippen LogP contribution < -0.4 is 9.46 Å². The van der Waals surface area contributed by atoms with Crippen LogP contribution in [-0.2, 0) is 16.4 Å². The lowest BCUT2D eigenvalue weighted by atomic mass is 10.0. The number of hydrogen-bond donors (Lipinski definition) is 1. The van der Waals surface area contributed by atoms with E-state index >= 15 is 0 Å². The van der Waals surface area contributed by atoms with Gasteiger partial charge in [0.15, 0.2) is 5.75 Å². The Labute approximate surface area is 211 Å². The summed E-state index contributed by atoms with van der Waals surface area (Å²) < 4.78 is 35.4. The molecule has 0 bridgehead atoms. The molecule has 3 aromatic rings. The number of hydrogen-bond acceptors (Lipinski definition) is 4. The number of ether oxygens (including phenoxy) is 1. The maximum Gasteiger partial charge on any atom is 0.265 e. The molecule has 0 spiro atoms. The van der Waals surface area contributed by atoms with E-state index in [9.17, 15) is 13.2 Å². The Kier molecular flexibility index (Phi) is 7.67. The Balaban J connectivity index is 1.76. The summed E-state index contributed by atoms with van der Waals surface area (Å²) in [5.74, 6) is -0.227. The van der Waals surface area contributed by atoms with Crippen molar-refractivity contribution in [3.05, 3.63) is 76.8 Å². The predicted octanol–water partition coefficient (Wildman–Crippen LogP) is 6.00. The fourth-order valence-corrected chi connectivity index (χ4v) is 6.02. The third kappa shape index (κ3) is 5.46. The van der Waals surface area contributed by atoms with Gasteiger partial charge in [-0.15, -0.1) is 0 Å². The summed E-state index contributed by atoms with van der Waals surface area (Å²) in [5, 5.41) is 0.0738. The van der Waals surface area contributed by atoms with Gasteiger partial charge in [0.05, 0.1) is 17.8 Å². The standard InChI is InChI=1S/C27H29ClN2O4S/c1-3-9-20-12-13-21(19-10-5-4-6-11-19)17-24(20)29-35(32,33)25-18-22(16-23(28)26(25)34-2)27(31)30-14-7-8-15-30/h4-6,10-13,16-18,29H,3,7-9,14-15H2,1-2H3. The number of halogens is 1. The fraction of sp³-hybridized carbons (Fsp3) is 0.296. The molecule has 0 radical (unpaired) electrons. The van der Waals surface area contributed by atoms with Crippen molar-refractivity contribution in [3.63, 3.8) is 0 Å². The Morgan fingerprint density at radius 3 is 2.40 bits per heavy atom. The van der Waals surface area contributed by atoms with E-state index in [2.05, 4.69) is 4.72 Å². The summed E-state index contributed by atoms with van der Waals surface area (Å²) in [5.41, 5.74) is 3.47. The molecular formula is C27H29ClN2O4S. The molecule has 6 nitrogen and oxygen atoms in total. The van der Waals surface area contributed by atoms with Gasteiger partial charge in [0.2, 0.25) is 0 Å². The second-order valence-electron chi connectivity index (χ2n) is 8.58. The predicted molar refractivity (Wildman–Crippen MR) is 140 cm³/mol. The molecule has 1 saturated heterocycles. The highest BCUT2D eigenvalue weighted by Crippen LogP contribution is 2.36. The van der Waals surface area contributed by atoms with Crippen molar-refractivity contribution >= 4 is 33.2 Å². The van der Waals surface area contributed by atoms with Crippen LogP contribution in [0.25, 0.3) is 11.1 Å². The lowest BCUT2D eigenvalue weighted by Crippen LogP contribution is -2.28. The molecule has 8 heteroatoms. The van der Waals surface area contributed by atoms with Crippen molar-refractivity contribution in [1.82, 2.24) is 4.90 Å². The summed E-state index contributed by atoms with van der Waals surface area (Å²) in [6.45, 7) is 3.34. The van der Waals surface area contributed by atoms with Gasteiger partial charge in [-0.25, -0.2) is 8.42 Å². The number of carbonyl (C=O) groups is 1. The van der Waals surface area contributed by atoms with Crippen molar-refractivity contribution in [2.75, 3.05) is 24.9 Å². The summed E-state index contributed by atoms with van der Waals surface area (Å²) >= 11 is 6.39. The van der Waals surface area contributed by atoms with Crippen molar-refractivity contribution in [2.24, 2.45) is 0 Å². The Bertz CT molecular complexity index is 1320. The first-order valence-electron chi connectivity index (χ1n) is 11.7. The van der Waals surface area contributed by atoms with E-state index in [1.807, 2.05) is 55.5 Å². The molecule has 0 unspecified atom stereocenters. The molecule has 1 heterocycles. The van der Waals surface area contributed by atoms with Crippen LogP contribution in [0.3, 0.4) is 0 Å². The molecule has 0 aromatic heterocycles. The summed E-state index contributed by atoms with van der Waals surface area (Å²) in [6.07, 6.45) is 3.42. The van der Waals surface area contributed by atoms with Crippen molar-refractivity contribution in [3.8, 4) is 16.9 Å². The van der Waals surface area contributed by atoms with Gasteiger partial charge in [-0.05, 0) is 54.2 Å². The highest BCUT2D eigenvalue weighted by atomic mass is 35.5. The maximum atomic E-state index is 13.7. The SMILES string of the molecule is CCCc1ccc(-c2ccccc2)cc1NS(=O)(=O)c1cc(C(=O)N2CCCC2)cc(Cl)c1OC. The summed E-state index contributed by atoms with van der Waals surface area (Å²) in [6, 6.07) is 18.4. The molecule has 184 valence electrons. The number of amides is 1. The molecular weight excluding hydrogens is 484 g/mol. The number of methoxy groups -OCH3 is 1. The molecule has 1 fully saturated rings. The Hall–Kier alpha value is -3.03. The van der Waals surface area contributed by atoms with E-state index in [1.54, 1.807) is 4.90 Å². The summed E-state index contributed by atoms with van der Waals surface area (Å²) in [4.78, 5) is 14.5. The van der Waals surface area contributed by atoms with Crippen molar-refractivity contribution < 1.29 is 17.9 Å². The van der Waals surface area contributed by atoms with Crippen LogP contribution in [0.5, 0.6) is 5.75 Å². The molecule has 1 aliphatic heterocycles. The highest BCUT2D eigenvalue weighted by Gasteiger charge is 2.28. The number of nitrogens with zero attached hydrogens (tertiary/aromatic N) is 1. The van der Waals surface area contributed by atoms with Crippen LogP contribution in [0.2, 0.25) is 5.02 Å². The summed E-state index contributed by atoms with van der Waals surface area (Å²) in [7, 11) is -2.77. The number of benzene rings is 3. The number of likely N-dealkylation sites (tertiary alicyclic amines) is 1. The molecule has 1 N–H and O–H groups in total. The van der Waals surface area contributed by atoms with E-state index in [-0.39, 0.29) is 27.1 Å². The zero-order valence-corrected chi connectivity index (χ0v) is 21.5. The molecule has 1 aliphatic rings. The number of sulfonamides is 1. The van der Waals surface area contributed by atoms with Crippen molar-refractivity contribution in [2.45, 2.75) is 37.5 Å². The molecule has 1 amide bonds. The fourth-order valence-electron chi connectivity index (χ4n) is 4.36. The number of rotatable bonds is 8. The minimum atomic E-state index is -4.13. The van der Waals surface area contributed by atoms with E-state index in [1.165, 1.54) is 19.2 Å². The van der Waals surface area contributed by atoms with Crippen LogP contribution in [-0.4, -0.2) is 39.4 Å². The van der Waals surface area contributed by atoms with Crippen LogP contribution in [0.4, 0.5) is 5.69 Å². The van der Waals surface area contributed by atoms with Crippen molar-refractivity contribution in [1.29, 1.82) is 0 Å². The van der Waals surface area contributed by atoms with Gasteiger partial charge in [-0.3, -0.25) is 9.52 Å². The number of anilines is 1. The third-order valence-corrected chi connectivity index (χ3v) is 7.78. The van der Waals surface area contributed by atoms with Gasteiger partial charge in [0.25, 0.3) is 15.9 Å². The lowest BCUT2D eigenvalue weighted by molar-refractivity contribution is 0.0792. The van der Waals surface area contributed by atoms with Gasteiger partial charge >= 0.3 is 0 Å². The average molecular weight is 513 g/mol. The van der Waals surface area contributed by atoms with Gasteiger partial charge in [-0.2, -0.15) is 0 Å². The van der Waals surface area contributed by atoms with Crippen LogP contribution in [0.1, 0.15) is 42.1 Å². The second-order valence-corrected chi connectivity index (χ2v) is 10.6. The van der Waals surface area contributed by atoms with E-state index in [0.29, 0.717) is 25.2 Å². The zero-order valence-electron chi connectivity index (χ0n) is 19.9. The topological polar surface area (TPSA) is 75.7 Å². The van der Waals surface area contributed by atoms with Gasteiger partial charge in [0, 0.05) is 18.7 Å². The normalized spacial score (nSPS) is 13.6. The van der Waals surface area contributed by atoms with Crippen LogP contribution in [0, 0.1) is 0 Å². The van der Waals surface area contributed by atoms with E-state index in [0.717, 1.165) is 36.0 Å². The smallest absolute Gasteiger partial charge is 0.265 e. The van der Waals surface area contributed by atoms with E-state index in [4.69, 9.17) is 16.3 Å². The van der Waals surface area contributed by atoms with E-state index < -0.39 is 10.0 Å². The van der Waals surface area contributed by atoms with Gasteiger partial charge < -0.3 is 9.64 Å². The number of nitrogens with one attached hydrogen (secondary N) is 1. The zero-order chi connectivity index (χ0) is 25.0. The minimum absolute atomic E-state index is 0.00777. The monoisotopic (exact) mass is 512 g/mol. The molecule has 3 aromatic carbocycles. The molecule has 0 aliphatic carbocycles.